The van der Waals surface area contributed by atoms with Crippen LogP contribution in [-0.2, 0) is 22.2 Å². The van der Waals surface area contributed by atoms with Crippen LogP contribution in [0, 0.1) is 5.82 Å². The Hall–Kier alpha value is -3.36. The first-order chi connectivity index (χ1) is 16.5. The first-order valence-electron chi connectivity index (χ1n) is 11.5. The minimum absolute atomic E-state index is 0.0352. The Morgan fingerprint density at radius 3 is 2.40 bits per heavy atom. The molecule has 0 saturated heterocycles. The monoisotopic (exact) mass is 490 g/mol. The lowest BCUT2D eigenvalue weighted by molar-refractivity contribution is -0.140. The lowest BCUT2D eigenvalue weighted by Crippen LogP contribution is -2.43. The van der Waals surface area contributed by atoms with Gasteiger partial charge in [-0.2, -0.15) is 13.2 Å². The molecular weight excluding hydrogens is 464 g/mol. The summed E-state index contributed by atoms with van der Waals surface area (Å²) in [6.45, 7) is 1.39. The summed E-state index contributed by atoms with van der Waals surface area (Å²) in [6.07, 6.45) is 0.721. The molecule has 9 heteroatoms. The summed E-state index contributed by atoms with van der Waals surface area (Å²) in [5.74, 6) is -3.19. The molecule has 2 amide bonds. The number of anilines is 1. The van der Waals surface area contributed by atoms with Gasteiger partial charge in [0.1, 0.15) is 17.1 Å². The smallest absolute Gasteiger partial charge is 0.419 e. The number of carbonyl (C=O) groups excluding carboxylic acids is 2. The molecule has 1 atom stereocenters. The number of carbonyl (C=O) groups is 2. The van der Waals surface area contributed by atoms with E-state index in [1.54, 1.807) is 12.1 Å². The van der Waals surface area contributed by atoms with E-state index in [1.165, 1.54) is 31.7 Å². The molecule has 2 aromatic carbocycles. The van der Waals surface area contributed by atoms with E-state index in [2.05, 4.69) is 10.6 Å². The number of hydrogen-bond acceptors (Lipinski definition) is 3. The second kappa shape index (κ2) is 9.36. The quantitative estimate of drug-likeness (QED) is 0.368. The molecule has 5 nitrogen and oxygen atoms in total. The highest BCUT2D eigenvalue weighted by atomic mass is 19.4. The van der Waals surface area contributed by atoms with Crippen molar-refractivity contribution in [3.63, 3.8) is 0 Å². The van der Waals surface area contributed by atoms with E-state index < -0.39 is 46.2 Å². The standard InChI is InChI=1S/C26H26F4N2O3/c1-25(14-15-7-12-20(27)19(13-15)26(28,29)30)22(33)21(24(35)32-25)23(34)31-18-10-8-17(9-11-18)16-5-3-2-4-6-16/h7-13,16,33H,2-6,14H2,1H3,(H,31,34)(H,32,35). The molecule has 186 valence electrons. The van der Waals surface area contributed by atoms with Crippen molar-refractivity contribution in [2.24, 2.45) is 0 Å². The van der Waals surface area contributed by atoms with Crippen LogP contribution in [0.2, 0.25) is 0 Å². The highest BCUT2D eigenvalue weighted by Gasteiger charge is 2.45. The van der Waals surface area contributed by atoms with Gasteiger partial charge in [0.2, 0.25) is 0 Å². The van der Waals surface area contributed by atoms with E-state index in [0.717, 1.165) is 18.9 Å². The molecule has 1 aliphatic heterocycles. The Kier molecular flexibility index (Phi) is 6.62. The van der Waals surface area contributed by atoms with Gasteiger partial charge in [-0.3, -0.25) is 9.59 Å². The molecule has 0 spiro atoms. The highest BCUT2D eigenvalue weighted by molar-refractivity contribution is 6.24. The number of benzene rings is 2. The minimum atomic E-state index is -4.89. The van der Waals surface area contributed by atoms with Gasteiger partial charge < -0.3 is 15.7 Å². The Labute approximate surface area is 200 Å². The summed E-state index contributed by atoms with van der Waals surface area (Å²) in [7, 11) is 0. The van der Waals surface area contributed by atoms with Gasteiger partial charge in [-0.05, 0) is 61.1 Å². The van der Waals surface area contributed by atoms with Gasteiger partial charge in [0, 0.05) is 12.1 Å². The number of aliphatic hydroxyl groups is 1. The maximum Gasteiger partial charge on any atom is 0.419 e. The molecule has 4 rings (SSSR count). The third kappa shape index (κ3) is 5.18. The molecule has 0 bridgehead atoms. The van der Waals surface area contributed by atoms with Crippen molar-refractivity contribution in [1.29, 1.82) is 0 Å². The molecule has 1 unspecified atom stereocenters. The predicted octanol–water partition coefficient (Wildman–Crippen LogP) is 5.77. The first-order valence-corrected chi connectivity index (χ1v) is 11.5. The third-order valence-corrected chi connectivity index (χ3v) is 6.74. The molecule has 3 N–H and O–H groups in total. The van der Waals surface area contributed by atoms with E-state index in [0.29, 0.717) is 23.7 Å². The van der Waals surface area contributed by atoms with Crippen molar-refractivity contribution >= 4 is 17.5 Å². The summed E-state index contributed by atoms with van der Waals surface area (Å²) < 4.78 is 52.8. The lowest BCUT2D eigenvalue weighted by Gasteiger charge is -2.25. The largest absolute Gasteiger partial charge is 0.509 e. The molecule has 1 aliphatic carbocycles. The van der Waals surface area contributed by atoms with Crippen LogP contribution in [0.4, 0.5) is 23.2 Å². The Bertz CT molecular complexity index is 1170. The molecule has 2 aromatic rings. The van der Waals surface area contributed by atoms with Crippen LogP contribution in [0.15, 0.2) is 53.8 Å². The second-order valence-electron chi connectivity index (χ2n) is 9.41. The number of alkyl halides is 3. The van der Waals surface area contributed by atoms with Gasteiger partial charge in [-0.15, -0.1) is 0 Å². The Morgan fingerprint density at radius 1 is 1.11 bits per heavy atom. The van der Waals surface area contributed by atoms with Crippen LogP contribution in [0.1, 0.15) is 61.6 Å². The van der Waals surface area contributed by atoms with Crippen LogP contribution in [-0.4, -0.2) is 22.5 Å². The van der Waals surface area contributed by atoms with Crippen molar-refractivity contribution in [3.05, 3.63) is 76.3 Å². The Balaban J connectivity index is 1.51. The lowest BCUT2D eigenvalue weighted by atomic mass is 9.84. The molecule has 0 radical (unpaired) electrons. The number of halogens is 4. The van der Waals surface area contributed by atoms with E-state index in [-0.39, 0.29) is 12.0 Å². The summed E-state index contributed by atoms with van der Waals surface area (Å²) in [6, 6.07) is 9.80. The molecule has 2 aliphatic rings. The van der Waals surface area contributed by atoms with Crippen molar-refractivity contribution in [2.75, 3.05) is 5.32 Å². The molecule has 1 heterocycles. The van der Waals surface area contributed by atoms with Crippen molar-refractivity contribution in [1.82, 2.24) is 5.32 Å². The average Bonchev–Trinajstić information content (AvgIpc) is 3.03. The van der Waals surface area contributed by atoms with Gasteiger partial charge in [0.25, 0.3) is 11.8 Å². The SMILES string of the molecule is CC1(Cc2ccc(F)c(C(F)(F)F)c2)NC(=O)C(C(=O)Nc2ccc(C3CCCCC3)cc2)=C1O. The van der Waals surface area contributed by atoms with Crippen LogP contribution < -0.4 is 10.6 Å². The third-order valence-electron chi connectivity index (χ3n) is 6.74. The topological polar surface area (TPSA) is 78.4 Å². The van der Waals surface area contributed by atoms with Crippen LogP contribution in [0.5, 0.6) is 0 Å². The summed E-state index contributed by atoms with van der Waals surface area (Å²) in [5.41, 5.74) is -1.82. The van der Waals surface area contributed by atoms with Crippen molar-refractivity contribution in [2.45, 2.75) is 63.1 Å². The van der Waals surface area contributed by atoms with Crippen LogP contribution in [0.3, 0.4) is 0 Å². The van der Waals surface area contributed by atoms with Crippen LogP contribution in [0.25, 0.3) is 0 Å². The fourth-order valence-electron chi connectivity index (χ4n) is 4.87. The zero-order valence-electron chi connectivity index (χ0n) is 19.1. The van der Waals surface area contributed by atoms with Gasteiger partial charge in [0.15, 0.2) is 0 Å². The molecule has 0 aromatic heterocycles. The molecular formula is C26H26F4N2O3. The predicted molar refractivity (Wildman–Crippen MR) is 122 cm³/mol. The maximum absolute atomic E-state index is 13.6. The highest BCUT2D eigenvalue weighted by Crippen LogP contribution is 2.35. The number of rotatable bonds is 5. The van der Waals surface area contributed by atoms with Gasteiger partial charge >= 0.3 is 6.18 Å². The van der Waals surface area contributed by atoms with Crippen LogP contribution >= 0.6 is 0 Å². The number of aliphatic hydroxyl groups excluding tert-OH is 1. The van der Waals surface area contributed by atoms with Crippen molar-refractivity contribution in [3.8, 4) is 0 Å². The minimum Gasteiger partial charge on any atom is -0.509 e. The normalized spacial score (nSPS) is 21.2. The number of amides is 2. The maximum atomic E-state index is 13.6. The van der Waals surface area contributed by atoms with Gasteiger partial charge in [0.05, 0.1) is 11.1 Å². The van der Waals surface area contributed by atoms with E-state index in [1.807, 2.05) is 12.1 Å². The summed E-state index contributed by atoms with van der Waals surface area (Å²) >= 11 is 0. The first kappa shape index (κ1) is 24.8. The Morgan fingerprint density at radius 2 is 1.77 bits per heavy atom. The van der Waals surface area contributed by atoms with E-state index >= 15 is 0 Å². The van der Waals surface area contributed by atoms with Gasteiger partial charge in [-0.1, -0.05) is 37.5 Å². The van der Waals surface area contributed by atoms with E-state index in [9.17, 15) is 32.3 Å². The second-order valence-corrected chi connectivity index (χ2v) is 9.41. The fourth-order valence-corrected chi connectivity index (χ4v) is 4.87. The molecule has 1 fully saturated rings. The zero-order valence-corrected chi connectivity index (χ0v) is 19.1. The molecule has 35 heavy (non-hydrogen) atoms. The van der Waals surface area contributed by atoms with Crippen molar-refractivity contribution < 1.29 is 32.3 Å². The average molecular weight is 490 g/mol. The van der Waals surface area contributed by atoms with E-state index in [4.69, 9.17) is 0 Å². The fraction of sp³-hybridized carbons (Fsp3) is 0.385. The van der Waals surface area contributed by atoms with Gasteiger partial charge in [-0.25, -0.2) is 4.39 Å². The number of hydrogen-bond donors (Lipinski definition) is 3. The molecule has 1 saturated carbocycles. The number of nitrogens with one attached hydrogen (secondary N) is 2. The zero-order chi connectivity index (χ0) is 25.4. The summed E-state index contributed by atoms with van der Waals surface area (Å²) in [5, 5.41) is 15.8. The summed E-state index contributed by atoms with van der Waals surface area (Å²) in [4.78, 5) is 25.3.